The first-order valence-electron chi connectivity index (χ1n) is 2.26. The average Bonchev–Trinajstić information content (AvgIpc) is 2.15. The van der Waals surface area contributed by atoms with Gasteiger partial charge in [0.15, 0.2) is 0 Å². The second-order valence-electron chi connectivity index (χ2n) is 1.40. The zero-order valence-corrected chi connectivity index (χ0v) is 4.44. The van der Waals surface area contributed by atoms with Crippen molar-refractivity contribution in [3.63, 3.8) is 0 Å². The summed E-state index contributed by atoms with van der Waals surface area (Å²) in [6, 6.07) is 0. The summed E-state index contributed by atoms with van der Waals surface area (Å²) in [5.41, 5.74) is 0. The lowest BCUT2D eigenvalue weighted by Gasteiger charge is -1.82. The highest BCUT2D eigenvalue weighted by atomic mass is 16.4. The van der Waals surface area contributed by atoms with Gasteiger partial charge in [0, 0.05) is 0 Å². The third-order valence-corrected chi connectivity index (χ3v) is 0.708. The molecule has 0 saturated carbocycles. The molecule has 0 saturated heterocycles. The first-order chi connectivity index (χ1) is 4.29. The maximum atomic E-state index is 9.94. The maximum Gasteiger partial charge on any atom is 0.312 e. The fourth-order valence-corrected chi connectivity index (χ4v) is 0.402. The van der Waals surface area contributed by atoms with Crippen LogP contribution < -0.4 is 0 Å². The molecule has 1 aromatic rings. The van der Waals surface area contributed by atoms with Crippen LogP contribution in [0.5, 0.6) is 0 Å². The zero-order valence-electron chi connectivity index (χ0n) is 4.44. The summed E-state index contributed by atoms with van der Waals surface area (Å²) in [5, 5.41) is 14.8. The summed E-state index contributed by atoms with van der Waals surface area (Å²) in [6.07, 6.45) is 0.887. The van der Waals surface area contributed by atoms with Crippen molar-refractivity contribution in [1.29, 1.82) is 0 Å². The number of nitrogens with zero attached hydrogens (tertiary/aromatic N) is 2. The molecule has 1 rings (SSSR count). The molecule has 0 aliphatic carbocycles. The molecule has 0 spiro atoms. The minimum absolute atomic E-state index is 0.127. The van der Waals surface area contributed by atoms with Gasteiger partial charge in [0.1, 0.15) is 6.42 Å². The molecule has 0 radical (unpaired) electrons. The predicted octanol–water partition coefficient (Wildman–Crippen LogP) is -0.303. The molecule has 1 N–H and O–H groups in total. The molecule has 9 heavy (non-hydrogen) atoms. The van der Waals surface area contributed by atoms with Crippen LogP contribution in [0.2, 0.25) is 0 Å². The van der Waals surface area contributed by atoms with Gasteiger partial charge in [0.25, 0.3) is 0 Å². The molecule has 0 aromatic carbocycles. The van der Waals surface area contributed by atoms with Gasteiger partial charge in [-0.05, 0) is 0 Å². The minimum Gasteiger partial charge on any atom is -0.481 e. The molecule has 1 heterocycles. The third kappa shape index (κ3) is 1.52. The van der Waals surface area contributed by atoms with Crippen molar-refractivity contribution in [2.75, 3.05) is 0 Å². The number of carbonyl (C=O) groups is 1. The third-order valence-electron chi connectivity index (χ3n) is 0.708. The van der Waals surface area contributed by atoms with Gasteiger partial charge in [-0.2, -0.15) is 0 Å². The largest absolute Gasteiger partial charge is 0.481 e. The van der Waals surface area contributed by atoms with Crippen LogP contribution in [0.15, 0.2) is 10.8 Å². The fourth-order valence-electron chi connectivity index (χ4n) is 0.402. The predicted molar refractivity (Wildman–Crippen MR) is 25.6 cm³/mol. The standard InChI is InChI=1S/C4H4N2O3/c7-4(8)1-3-6-5-2-9-3/h2H,1H2,(H,7,8). The number of aliphatic carboxylic acids is 1. The Kier molecular flexibility index (Phi) is 1.44. The van der Waals surface area contributed by atoms with E-state index in [9.17, 15) is 4.79 Å². The van der Waals surface area contributed by atoms with Crippen LogP contribution >= 0.6 is 0 Å². The van der Waals surface area contributed by atoms with Gasteiger partial charge in [-0.25, -0.2) is 0 Å². The first kappa shape index (κ1) is 5.74. The first-order valence-corrected chi connectivity index (χ1v) is 2.26. The summed E-state index contributed by atoms with van der Waals surface area (Å²) in [4.78, 5) is 9.94. The molecule has 0 unspecified atom stereocenters. The van der Waals surface area contributed by atoms with E-state index in [2.05, 4.69) is 14.6 Å². The Hall–Kier alpha value is -1.39. The monoisotopic (exact) mass is 128 g/mol. The highest BCUT2D eigenvalue weighted by molar-refractivity contribution is 5.68. The van der Waals surface area contributed by atoms with E-state index in [0.717, 1.165) is 6.39 Å². The lowest BCUT2D eigenvalue weighted by molar-refractivity contribution is -0.136. The van der Waals surface area contributed by atoms with Gasteiger partial charge < -0.3 is 9.52 Å². The van der Waals surface area contributed by atoms with Gasteiger partial charge in [0.05, 0.1) is 0 Å². The van der Waals surface area contributed by atoms with Gasteiger partial charge in [0.2, 0.25) is 12.3 Å². The number of hydrogen-bond donors (Lipinski definition) is 1. The van der Waals surface area contributed by atoms with Gasteiger partial charge >= 0.3 is 5.97 Å². The lowest BCUT2D eigenvalue weighted by Crippen LogP contribution is -1.99. The highest BCUT2D eigenvalue weighted by Crippen LogP contribution is 1.91. The van der Waals surface area contributed by atoms with E-state index < -0.39 is 5.97 Å². The Morgan fingerprint density at radius 1 is 1.89 bits per heavy atom. The molecule has 0 amide bonds. The topological polar surface area (TPSA) is 76.2 Å². The summed E-state index contributed by atoms with van der Waals surface area (Å²) >= 11 is 0. The van der Waals surface area contributed by atoms with Crippen LogP contribution in [0.1, 0.15) is 5.89 Å². The molecule has 5 heteroatoms. The molecule has 0 atom stereocenters. The van der Waals surface area contributed by atoms with E-state index in [1.54, 1.807) is 0 Å². The van der Waals surface area contributed by atoms with Crippen molar-refractivity contribution in [3.8, 4) is 0 Å². The molecule has 1 aromatic heterocycles. The van der Waals surface area contributed by atoms with Crippen LogP contribution in [0, 0.1) is 0 Å². The Bertz CT molecular complexity index is 194. The molecule has 0 aliphatic rings. The van der Waals surface area contributed by atoms with E-state index in [4.69, 9.17) is 5.11 Å². The lowest BCUT2D eigenvalue weighted by atomic mass is 10.4. The molecule has 0 fully saturated rings. The molecule has 0 aliphatic heterocycles. The number of carboxylic acid groups (broad SMARTS) is 1. The SMILES string of the molecule is O=C(O)Cc1nnco1. The van der Waals surface area contributed by atoms with Crippen molar-refractivity contribution in [1.82, 2.24) is 10.2 Å². The van der Waals surface area contributed by atoms with Crippen molar-refractivity contribution in [2.45, 2.75) is 6.42 Å². The normalized spacial score (nSPS) is 9.33. The fraction of sp³-hybridized carbons (Fsp3) is 0.250. The van der Waals surface area contributed by atoms with Crippen LogP contribution in [-0.2, 0) is 11.2 Å². The number of rotatable bonds is 2. The molecule has 5 nitrogen and oxygen atoms in total. The molecule has 0 bridgehead atoms. The Morgan fingerprint density at radius 2 is 2.67 bits per heavy atom. The van der Waals surface area contributed by atoms with Crippen molar-refractivity contribution in [3.05, 3.63) is 12.3 Å². The molecular weight excluding hydrogens is 124 g/mol. The van der Waals surface area contributed by atoms with Gasteiger partial charge in [-0.3, -0.25) is 4.79 Å². The van der Waals surface area contributed by atoms with E-state index in [-0.39, 0.29) is 12.3 Å². The summed E-state index contributed by atoms with van der Waals surface area (Å²) in [5.74, 6) is -0.846. The van der Waals surface area contributed by atoms with E-state index in [0.29, 0.717) is 0 Å². The van der Waals surface area contributed by atoms with Gasteiger partial charge in [-0.15, -0.1) is 10.2 Å². The summed E-state index contributed by atoms with van der Waals surface area (Å²) in [7, 11) is 0. The Morgan fingerprint density at radius 3 is 3.11 bits per heavy atom. The maximum absolute atomic E-state index is 9.94. The summed E-state index contributed by atoms with van der Waals surface area (Å²) < 4.78 is 4.54. The smallest absolute Gasteiger partial charge is 0.312 e. The zero-order chi connectivity index (χ0) is 6.69. The van der Waals surface area contributed by atoms with E-state index in [1.165, 1.54) is 0 Å². The summed E-state index contributed by atoms with van der Waals surface area (Å²) in [6.45, 7) is 0. The number of carboxylic acids is 1. The second-order valence-corrected chi connectivity index (χ2v) is 1.40. The number of aromatic nitrogens is 2. The highest BCUT2D eigenvalue weighted by Gasteiger charge is 2.03. The van der Waals surface area contributed by atoms with E-state index >= 15 is 0 Å². The van der Waals surface area contributed by atoms with Crippen LogP contribution in [0.4, 0.5) is 0 Å². The van der Waals surface area contributed by atoms with Crippen LogP contribution in [0.25, 0.3) is 0 Å². The van der Waals surface area contributed by atoms with Crippen molar-refractivity contribution < 1.29 is 14.3 Å². The van der Waals surface area contributed by atoms with Crippen LogP contribution in [0.3, 0.4) is 0 Å². The quantitative estimate of drug-likeness (QED) is 0.591. The number of hydrogen-bond acceptors (Lipinski definition) is 4. The minimum atomic E-state index is -0.973. The molecular formula is C4H4N2O3. The molecule has 48 valence electrons. The second kappa shape index (κ2) is 2.25. The van der Waals surface area contributed by atoms with Crippen molar-refractivity contribution in [2.24, 2.45) is 0 Å². The van der Waals surface area contributed by atoms with E-state index in [1.807, 2.05) is 0 Å². The van der Waals surface area contributed by atoms with Gasteiger partial charge in [-0.1, -0.05) is 0 Å². The Labute approximate surface area is 50.3 Å². The van der Waals surface area contributed by atoms with Crippen molar-refractivity contribution >= 4 is 5.97 Å². The average molecular weight is 128 g/mol. The van der Waals surface area contributed by atoms with Crippen LogP contribution in [-0.4, -0.2) is 21.3 Å². The Balaban J connectivity index is 2.58.